The van der Waals surface area contributed by atoms with Crippen LogP contribution < -0.4 is 20.7 Å². The third-order valence-electron chi connectivity index (χ3n) is 8.48. The number of fused-ring (bicyclic) bond motifs is 1. The molecule has 4 aromatic carbocycles. The molecule has 0 radical (unpaired) electrons. The highest BCUT2D eigenvalue weighted by molar-refractivity contribution is 9.10. The molecule has 0 bridgehead atoms. The summed E-state index contributed by atoms with van der Waals surface area (Å²) >= 11 is 3.48. The number of nitrogens with zero attached hydrogens (tertiary/aromatic N) is 2. The van der Waals surface area contributed by atoms with Crippen LogP contribution in [0.25, 0.3) is 22.1 Å². The van der Waals surface area contributed by atoms with Crippen molar-refractivity contribution in [1.82, 2.24) is 20.4 Å². The first-order valence-corrected chi connectivity index (χ1v) is 17.4. The average Bonchev–Trinajstić information content (AvgIpc) is 3.63. The molecule has 1 aromatic heterocycles. The van der Waals surface area contributed by atoms with E-state index in [1.54, 1.807) is 35.2 Å². The molecule has 1 aliphatic rings. The Bertz CT molecular complexity index is 1970. The van der Waals surface area contributed by atoms with Crippen molar-refractivity contribution in [2.45, 2.75) is 12.5 Å². The van der Waals surface area contributed by atoms with Crippen LogP contribution in [-0.2, 0) is 4.79 Å². The number of nitrogens with one attached hydrogen (secondary N) is 3. The summed E-state index contributed by atoms with van der Waals surface area (Å²) in [6.45, 7) is 3.98. The van der Waals surface area contributed by atoms with E-state index < -0.39 is 11.9 Å². The molecule has 0 saturated carbocycles. The van der Waals surface area contributed by atoms with Gasteiger partial charge in [-0.1, -0.05) is 52.3 Å². The Morgan fingerprint density at radius 3 is 2.44 bits per heavy atom. The van der Waals surface area contributed by atoms with Crippen molar-refractivity contribution < 1.29 is 23.5 Å². The molecule has 1 unspecified atom stereocenters. The fourth-order valence-electron chi connectivity index (χ4n) is 5.81. The lowest BCUT2D eigenvalue weighted by Gasteiger charge is -2.31. The Labute approximate surface area is 299 Å². The smallest absolute Gasteiger partial charge is 0.287 e. The second-order valence-corrected chi connectivity index (χ2v) is 13.4. The SMILES string of the molecule is CN(C)CCCOc1ccc(C(NC(=O)c2ccc(-c3cccc(NC(=O)c4ccc5cc(Br)ccc5c4)c3)o2)C(=O)N2CCNCC2)cc1. The van der Waals surface area contributed by atoms with Gasteiger partial charge in [0.2, 0.25) is 5.91 Å². The van der Waals surface area contributed by atoms with Gasteiger partial charge in [-0.2, -0.15) is 0 Å². The van der Waals surface area contributed by atoms with Gasteiger partial charge in [-0.15, -0.1) is 0 Å². The standard InChI is InChI=1S/C39H40BrN5O5/c1-44(2)19-4-22-49-33-13-10-26(11-14-33)36(39(48)45-20-17-41-18-21-45)43-38(47)35-16-15-34(50-35)29-5-3-6-32(25-29)42-37(46)30-8-7-28-24-31(40)12-9-27(28)23-30/h3,5-16,23-25,36,41H,4,17-22H2,1-2H3,(H,42,46)(H,43,47). The van der Waals surface area contributed by atoms with Crippen molar-refractivity contribution in [2.75, 3.05) is 58.7 Å². The number of anilines is 1. The van der Waals surface area contributed by atoms with E-state index >= 15 is 0 Å². The Hall–Kier alpha value is -4.97. The van der Waals surface area contributed by atoms with Crippen LogP contribution in [0.3, 0.4) is 0 Å². The van der Waals surface area contributed by atoms with E-state index in [1.165, 1.54) is 0 Å². The molecule has 258 valence electrons. The van der Waals surface area contributed by atoms with E-state index in [0.29, 0.717) is 66.7 Å². The highest BCUT2D eigenvalue weighted by Crippen LogP contribution is 2.27. The topological polar surface area (TPSA) is 116 Å². The average molecular weight is 739 g/mol. The summed E-state index contributed by atoms with van der Waals surface area (Å²) in [5.41, 5.74) is 2.45. The van der Waals surface area contributed by atoms with Crippen LogP contribution in [0.5, 0.6) is 5.75 Å². The zero-order valence-electron chi connectivity index (χ0n) is 28.1. The number of hydrogen-bond acceptors (Lipinski definition) is 7. The molecule has 3 N–H and O–H groups in total. The summed E-state index contributed by atoms with van der Waals surface area (Å²) < 4.78 is 12.9. The van der Waals surface area contributed by atoms with Gasteiger partial charge in [-0.3, -0.25) is 14.4 Å². The molecule has 2 heterocycles. The van der Waals surface area contributed by atoms with Gasteiger partial charge in [0.05, 0.1) is 6.61 Å². The van der Waals surface area contributed by atoms with Crippen LogP contribution in [0.1, 0.15) is 38.9 Å². The fourth-order valence-corrected chi connectivity index (χ4v) is 6.19. The van der Waals surface area contributed by atoms with Gasteiger partial charge in [-0.05, 0) is 97.5 Å². The Balaban J connectivity index is 1.14. The van der Waals surface area contributed by atoms with Crippen molar-refractivity contribution in [3.63, 3.8) is 0 Å². The normalized spacial score (nSPS) is 13.6. The Kier molecular flexibility index (Phi) is 11.3. The van der Waals surface area contributed by atoms with Gasteiger partial charge in [-0.25, -0.2) is 0 Å². The zero-order chi connectivity index (χ0) is 35.0. The number of carbonyl (C=O) groups is 3. The highest BCUT2D eigenvalue weighted by atomic mass is 79.9. The monoisotopic (exact) mass is 737 g/mol. The lowest BCUT2D eigenvalue weighted by Crippen LogP contribution is -2.50. The van der Waals surface area contributed by atoms with Crippen molar-refractivity contribution in [3.05, 3.63) is 118 Å². The Morgan fingerprint density at radius 1 is 0.900 bits per heavy atom. The fraction of sp³-hybridized carbons (Fsp3) is 0.256. The summed E-state index contributed by atoms with van der Waals surface area (Å²) in [4.78, 5) is 44.3. The number of hydrogen-bond donors (Lipinski definition) is 3. The molecule has 1 fully saturated rings. The van der Waals surface area contributed by atoms with Crippen LogP contribution in [-0.4, -0.2) is 80.9 Å². The van der Waals surface area contributed by atoms with E-state index in [4.69, 9.17) is 9.15 Å². The minimum Gasteiger partial charge on any atom is -0.494 e. The van der Waals surface area contributed by atoms with Crippen molar-refractivity contribution in [3.8, 4) is 17.1 Å². The third kappa shape index (κ3) is 8.78. The van der Waals surface area contributed by atoms with Gasteiger partial charge in [0.1, 0.15) is 17.6 Å². The molecule has 6 rings (SSSR count). The molecule has 3 amide bonds. The molecule has 10 nitrogen and oxygen atoms in total. The van der Waals surface area contributed by atoms with Crippen LogP contribution in [0.15, 0.2) is 106 Å². The number of furan rings is 1. The van der Waals surface area contributed by atoms with E-state index in [9.17, 15) is 14.4 Å². The molecule has 0 spiro atoms. The predicted octanol–water partition coefficient (Wildman–Crippen LogP) is 6.35. The maximum absolute atomic E-state index is 13.7. The van der Waals surface area contributed by atoms with Gasteiger partial charge in [0.25, 0.3) is 11.8 Å². The molecular weight excluding hydrogens is 698 g/mol. The number of benzene rings is 4. The third-order valence-corrected chi connectivity index (χ3v) is 8.98. The number of piperazine rings is 1. The molecular formula is C39H40BrN5O5. The van der Waals surface area contributed by atoms with Crippen LogP contribution >= 0.6 is 15.9 Å². The summed E-state index contributed by atoms with van der Waals surface area (Å²) in [5.74, 6) is 0.276. The lowest BCUT2D eigenvalue weighted by molar-refractivity contribution is -0.134. The first-order valence-electron chi connectivity index (χ1n) is 16.6. The second kappa shape index (κ2) is 16.2. The number of ether oxygens (including phenoxy) is 1. The van der Waals surface area contributed by atoms with Gasteiger partial charge < -0.3 is 34.9 Å². The zero-order valence-corrected chi connectivity index (χ0v) is 29.7. The van der Waals surface area contributed by atoms with Crippen molar-refractivity contribution in [1.29, 1.82) is 0 Å². The van der Waals surface area contributed by atoms with E-state index in [-0.39, 0.29) is 17.6 Å². The molecule has 0 aliphatic carbocycles. The van der Waals surface area contributed by atoms with Gasteiger partial charge in [0.15, 0.2) is 5.76 Å². The van der Waals surface area contributed by atoms with Gasteiger partial charge in [0, 0.05) is 54.0 Å². The summed E-state index contributed by atoms with van der Waals surface area (Å²) in [5, 5.41) is 11.1. The van der Waals surface area contributed by atoms with Crippen LogP contribution in [0, 0.1) is 0 Å². The maximum Gasteiger partial charge on any atom is 0.287 e. The minimum absolute atomic E-state index is 0.0659. The van der Waals surface area contributed by atoms with Crippen LogP contribution in [0.4, 0.5) is 5.69 Å². The van der Waals surface area contributed by atoms with E-state index in [2.05, 4.69) is 36.8 Å². The Morgan fingerprint density at radius 2 is 1.66 bits per heavy atom. The summed E-state index contributed by atoms with van der Waals surface area (Å²) in [6, 6.07) is 28.4. The summed E-state index contributed by atoms with van der Waals surface area (Å²) in [6.07, 6.45) is 0.892. The minimum atomic E-state index is -0.910. The molecule has 1 saturated heterocycles. The number of amides is 3. The number of rotatable bonds is 12. The first kappa shape index (κ1) is 34.9. The second-order valence-electron chi connectivity index (χ2n) is 12.5. The number of halogens is 1. The molecule has 50 heavy (non-hydrogen) atoms. The van der Waals surface area contributed by atoms with E-state index in [0.717, 1.165) is 28.2 Å². The lowest BCUT2D eigenvalue weighted by atomic mass is 10.0. The number of carbonyl (C=O) groups excluding carboxylic acids is 3. The predicted molar refractivity (Wildman–Crippen MR) is 199 cm³/mol. The molecule has 1 atom stereocenters. The quantitative estimate of drug-likeness (QED) is 0.128. The first-order chi connectivity index (χ1) is 24.2. The largest absolute Gasteiger partial charge is 0.494 e. The molecule has 11 heteroatoms. The maximum atomic E-state index is 13.7. The molecule has 5 aromatic rings. The van der Waals surface area contributed by atoms with Crippen molar-refractivity contribution >= 4 is 50.1 Å². The van der Waals surface area contributed by atoms with E-state index in [1.807, 2.05) is 80.8 Å². The van der Waals surface area contributed by atoms with Crippen molar-refractivity contribution in [2.24, 2.45) is 0 Å². The van der Waals surface area contributed by atoms with Gasteiger partial charge >= 0.3 is 0 Å². The van der Waals surface area contributed by atoms with Crippen LogP contribution in [0.2, 0.25) is 0 Å². The molecule has 1 aliphatic heterocycles. The highest BCUT2D eigenvalue weighted by Gasteiger charge is 2.29. The summed E-state index contributed by atoms with van der Waals surface area (Å²) in [7, 11) is 4.05.